The fourth-order valence-corrected chi connectivity index (χ4v) is 3.88. The molecule has 0 aliphatic rings. The number of likely N-dealkylation sites (N-methyl/N-ethyl adjacent to an activating group) is 1. The van der Waals surface area contributed by atoms with Crippen LogP contribution in [0.4, 0.5) is 0 Å². The first-order chi connectivity index (χ1) is 10.1. The highest BCUT2D eigenvalue weighted by molar-refractivity contribution is 9.10. The van der Waals surface area contributed by atoms with Gasteiger partial charge < -0.3 is 5.32 Å². The zero-order valence-corrected chi connectivity index (χ0v) is 14.7. The second-order valence-corrected chi connectivity index (χ2v) is 6.09. The number of nitrogens with one attached hydrogen (secondary N) is 1. The molecule has 0 radical (unpaired) electrons. The predicted molar refractivity (Wildman–Crippen MR) is 89.2 cm³/mol. The maximum absolute atomic E-state index is 4.15. The van der Waals surface area contributed by atoms with E-state index in [0.29, 0.717) is 0 Å². The number of aromatic nitrogens is 3. The van der Waals surface area contributed by atoms with Gasteiger partial charge in [0.25, 0.3) is 0 Å². The van der Waals surface area contributed by atoms with Crippen molar-refractivity contribution in [1.82, 2.24) is 20.3 Å². The molecule has 0 spiro atoms. The van der Waals surface area contributed by atoms with Gasteiger partial charge in [0.15, 0.2) is 4.60 Å². The van der Waals surface area contributed by atoms with Gasteiger partial charge in [0.1, 0.15) is 0 Å². The summed E-state index contributed by atoms with van der Waals surface area (Å²) in [4.78, 5) is 0. The maximum atomic E-state index is 4.15. The van der Waals surface area contributed by atoms with Crippen LogP contribution in [0.3, 0.4) is 0 Å². The van der Waals surface area contributed by atoms with Crippen LogP contribution in [0.2, 0.25) is 0 Å². The van der Waals surface area contributed by atoms with Crippen molar-refractivity contribution in [1.29, 1.82) is 0 Å². The average Bonchev–Trinajstić information content (AvgIpc) is 2.85. The molecule has 1 unspecified atom stereocenters. The summed E-state index contributed by atoms with van der Waals surface area (Å²) in [5, 5.41) is 11.8. The number of benzene rings is 1. The van der Waals surface area contributed by atoms with Crippen LogP contribution in [0, 0.1) is 0 Å². The lowest BCUT2D eigenvalue weighted by molar-refractivity contribution is 0.275. The van der Waals surface area contributed by atoms with Crippen LogP contribution < -0.4 is 5.32 Å². The van der Waals surface area contributed by atoms with Gasteiger partial charge in [-0.1, -0.05) is 49.4 Å². The van der Waals surface area contributed by atoms with Gasteiger partial charge in [-0.25, -0.2) is 4.68 Å². The summed E-state index contributed by atoms with van der Waals surface area (Å²) in [6.07, 6.45) is 2.08. The van der Waals surface area contributed by atoms with E-state index >= 15 is 0 Å². The molecule has 2 aromatic rings. The van der Waals surface area contributed by atoms with Crippen molar-refractivity contribution in [2.45, 2.75) is 38.1 Å². The van der Waals surface area contributed by atoms with Gasteiger partial charge in [-0.2, -0.15) is 0 Å². The second kappa shape index (κ2) is 6.71. The van der Waals surface area contributed by atoms with Crippen molar-refractivity contribution in [2.75, 3.05) is 7.05 Å². The molecule has 0 amide bonds. The molecule has 0 bridgehead atoms. The highest BCUT2D eigenvalue weighted by Gasteiger charge is 2.40. The lowest BCUT2D eigenvalue weighted by Gasteiger charge is -2.40. The molecule has 1 atom stereocenters. The monoisotopic (exact) mass is 350 g/mol. The Bertz CT molecular complexity index is 556. The molecule has 1 N–H and O–H groups in total. The van der Waals surface area contributed by atoms with Gasteiger partial charge in [-0.15, -0.1) is 5.10 Å². The number of rotatable bonds is 6. The van der Waals surface area contributed by atoms with Gasteiger partial charge in [0, 0.05) is 12.5 Å². The molecule has 0 saturated heterocycles. The van der Waals surface area contributed by atoms with Crippen LogP contribution in [0.1, 0.15) is 44.0 Å². The van der Waals surface area contributed by atoms with Crippen LogP contribution in [0.15, 0.2) is 34.9 Å². The first-order valence-electron chi connectivity index (χ1n) is 7.38. The summed E-state index contributed by atoms with van der Waals surface area (Å²) in [6.45, 7) is 4.50. The second-order valence-electron chi connectivity index (χ2n) is 5.34. The SMILES string of the molecule is CCC(CC)(c1ccccc1)C(NC)c1c(Br)nnn1C. The minimum absolute atomic E-state index is 0.00794. The third-order valence-electron chi connectivity index (χ3n) is 4.55. The first kappa shape index (κ1) is 16.2. The van der Waals surface area contributed by atoms with E-state index in [4.69, 9.17) is 0 Å². The standard InChI is InChI=1S/C16H23BrN4/c1-5-16(6-2,12-10-8-7-9-11-12)14(18-3)13-15(17)19-20-21(13)4/h7-11,14,18H,5-6H2,1-4H3. The Morgan fingerprint density at radius 2 is 1.86 bits per heavy atom. The number of halogens is 1. The zero-order chi connectivity index (χ0) is 15.5. The van der Waals surface area contributed by atoms with Crippen LogP contribution in [-0.2, 0) is 12.5 Å². The van der Waals surface area contributed by atoms with Gasteiger partial charge in [-0.3, -0.25) is 0 Å². The molecule has 0 fully saturated rings. The number of aryl methyl sites for hydroxylation is 1. The Hall–Kier alpha value is -1.20. The van der Waals surface area contributed by atoms with Crippen molar-refractivity contribution in [3.8, 4) is 0 Å². The van der Waals surface area contributed by atoms with Gasteiger partial charge in [0.05, 0.1) is 11.7 Å². The largest absolute Gasteiger partial charge is 0.311 e. The minimum Gasteiger partial charge on any atom is -0.311 e. The number of nitrogens with zero attached hydrogens (tertiary/aromatic N) is 3. The van der Waals surface area contributed by atoms with Gasteiger partial charge >= 0.3 is 0 Å². The lowest BCUT2D eigenvalue weighted by atomic mass is 9.69. The van der Waals surface area contributed by atoms with E-state index in [-0.39, 0.29) is 11.5 Å². The highest BCUT2D eigenvalue weighted by atomic mass is 79.9. The molecular formula is C16H23BrN4. The summed E-state index contributed by atoms with van der Waals surface area (Å²) in [5.74, 6) is 0. The van der Waals surface area contributed by atoms with Crippen molar-refractivity contribution < 1.29 is 0 Å². The van der Waals surface area contributed by atoms with E-state index in [1.807, 2.05) is 18.8 Å². The Labute approximate surface area is 135 Å². The summed E-state index contributed by atoms with van der Waals surface area (Å²) >= 11 is 3.55. The zero-order valence-electron chi connectivity index (χ0n) is 13.1. The number of hydrogen-bond acceptors (Lipinski definition) is 3. The molecule has 0 saturated carbocycles. The Morgan fingerprint density at radius 3 is 2.29 bits per heavy atom. The van der Waals surface area contributed by atoms with E-state index in [2.05, 4.69) is 75.7 Å². The van der Waals surface area contributed by atoms with E-state index in [1.54, 1.807) is 0 Å². The van der Waals surface area contributed by atoms with Crippen molar-refractivity contribution in [3.63, 3.8) is 0 Å². The summed E-state index contributed by atoms with van der Waals surface area (Å²) < 4.78 is 2.67. The average molecular weight is 351 g/mol. The molecule has 2 rings (SSSR count). The van der Waals surface area contributed by atoms with Crippen LogP contribution in [-0.4, -0.2) is 22.0 Å². The normalized spacial score (nSPS) is 13.4. The van der Waals surface area contributed by atoms with E-state index in [9.17, 15) is 0 Å². The number of hydrogen-bond donors (Lipinski definition) is 1. The third kappa shape index (κ3) is 2.77. The van der Waals surface area contributed by atoms with Crippen LogP contribution in [0.5, 0.6) is 0 Å². The van der Waals surface area contributed by atoms with Crippen molar-refractivity contribution >= 4 is 15.9 Å². The summed E-state index contributed by atoms with van der Waals surface area (Å²) in [6, 6.07) is 10.9. The Morgan fingerprint density at radius 1 is 1.24 bits per heavy atom. The molecule has 0 aliphatic heterocycles. The molecule has 5 heteroatoms. The topological polar surface area (TPSA) is 42.7 Å². The molecule has 0 aliphatic carbocycles. The summed E-state index contributed by atoms with van der Waals surface area (Å²) in [5.41, 5.74) is 2.45. The molecule has 114 valence electrons. The molecule has 1 aromatic carbocycles. The van der Waals surface area contributed by atoms with E-state index in [0.717, 1.165) is 23.1 Å². The van der Waals surface area contributed by atoms with Gasteiger partial charge in [-0.05, 0) is 41.4 Å². The Kier molecular flexibility index (Phi) is 5.17. The fourth-order valence-electron chi connectivity index (χ4n) is 3.32. The Balaban J connectivity index is 2.60. The fraction of sp³-hybridized carbons (Fsp3) is 0.500. The first-order valence-corrected chi connectivity index (χ1v) is 8.17. The molecule has 4 nitrogen and oxygen atoms in total. The summed E-state index contributed by atoms with van der Waals surface area (Å²) in [7, 11) is 3.95. The quantitative estimate of drug-likeness (QED) is 0.865. The van der Waals surface area contributed by atoms with Crippen molar-refractivity contribution in [3.05, 3.63) is 46.2 Å². The van der Waals surface area contributed by atoms with Gasteiger partial charge in [0.2, 0.25) is 0 Å². The van der Waals surface area contributed by atoms with E-state index in [1.165, 1.54) is 5.56 Å². The molecule has 1 heterocycles. The molecule has 1 aromatic heterocycles. The van der Waals surface area contributed by atoms with Crippen LogP contribution in [0.25, 0.3) is 0 Å². The lowest BCUT2D eigenvalue weighted by Crippen LogP contribution is -2.41. The maximum Gasteiger partial charge on any atom is 0.153 e. The van der Waals surface area contributed by atoms with Crippen molar-refractivity contribution in [2.24, 2.45) is 7.05 Å². The third-order valence-corrected chi connectivity index (χ3v) is 5.12. The predicted octanol–water partition coefficient (Wildman–Crippen LogP) is 3.60. The van der Waals surface area contributed by atoms with Crippen LogP contribution >= 0.6 is 15.9 Å². The minimum atomic E-state index is 0.00794. The van der Waals surface area contributed by atoms with E-state index < -0.39 is 0 Å². The molecule has 21 heavy (non-hydrogen) atoms. The highest BCUT2D eigenvalue weighted by Crippen LogP contribution is 2.44. The smallest absolute Gasteiger partial charge is 0.153 e. The molecular weight excluding hydrogens is 328 g/mol.